The molecule has 0 bridgehead atoms. The van der Waals surface area contributed by atoms with Crippen molar-refractivity contribution in [3.05, 3.63) is 27.9 Å². The summed E-state index contributed by atoms with van der Waals surface area (Å²) in [4.78, 5) is 15.0. The topological polar surface area (TPSA) is 46.9 Å². The average molecular weight is 258 g/mol. The highest BCUT2D eigenvalue weighted by Gasteiger charge is 1.98. The molecule has 1 heterocycles. The second-order valence-electron chi connectivity index (χ2n) is 4.53. The summed E-state index contributed by atoms with van der Waals surface area (Å²) < 4.78 is 1.53. The molecule has 17 heavy (non-hydrogen) atoms. The molecule has 0 aliphatic carbocycles. The fourth-order valence-corrected chi connectivity index (χ4v) is 1.72. The minimum atomic E-state index is -0.251. The molecular formula is C12H20ClN3O. The SMILES string of the molecule is CC(C)CCCNCCn1cc(Cl)cnc1=O. The number of aromatic nitrogens is 2. The highest BCUT2D eigenvalue weighted by molar-refractivity contribution is 6.30. The first-order valence-corrected chi connectivity index (χ1v) is 6.40. The molecule has 0 spiro atoms. The first-order chi connectivity index (χ1) is 8.09. The van der Waals surface area contributed by atoms with E-state index in [0.29, 0.717) is 11.6 Å². The van der Waals surface area contributed by atoms with Crippen molar-refractivity contribution in [2.45, 2.75) is 33.2 Å². The van der Waals surface area contributed by atoms with E-state index in [-0.39, 0.29) is 5.69 Å². The van der Waals surface area contributed by atoms with Gasteiger partial charge >= 0.3 is 5.69 Å². The normalized spacial score (nSPS) is 11.1. The number of hydrogen-bond donors (Lipinski definition) is 1. The zero-order valence-electron chi connectivity index (χ0n) is 10.4. The minimum absolute atomic E-state index is 0.251. The minimum Gasteiger partial charge on any atom is -0.315 e. The smallest absolute Gasteiger partial charge is 0.315 e. The van der Waals surface area contributed by atoms with Gasteiger partial charge in [0, 0.05) is 19.3 Å². The zero-order chi connectivity index (χ0) is 12.7. The molecule has 0 unspecified atom stereocenters. The van der Waals surface area contributed by atoms with Crippen LogP contribution in [0.2, 0.25) is 5.02 Å². The average Bonchev–Trinajstić information content (AvgIpc) is 2.27. The van der Waals surface area contributed by atoms with Crippen LogP contribution in [-0.2, 0) is 6.54 Å². The fraction of sp³-hybridized carbons (Fsp3) is 0.667. The van der Waals surface area contributed by atoms with Gasteiger partial charge in [-0.2, -0.15) is 0 Å². The molecule has 0 amide bonds. The third-order valence-electron chi connectivity index (χ3n) is 2.49. The molecule has 0 radical (unpaired) electrons. The van der Waals surface area contributed by atoms with Crippen LogP contribution in [0.25, 0.3) is 0 Å². The number of halogens is 1. The highest BCUT2D eigenvalue weighted by Crippen LogP contribution is 2.02. The van der Waals surface area contributed by atoms with E-state index in [4.69, 9.17) is 11.6 Å². The second-order valence-corrected chi connectivity index (χ2v) is 4.97. The standard InChI is InChI=1S/C12H20ClN3O/c1-10(2)4-3-5-14-6-7-16-9-11(13)8-15-12(16)17/h8-10,14H,3-7H2,1-2H3. The first kappa shape index (κ1) is 14.2. The van der Waals surface area contributed by atoms with Crippen molar-refractivity contribution in [3.8, 4) is 0 Å². The van der Waals surface area contributed by atoms with Gasteiger partial charge in [-0.1, -0.05) is 25.4 Å². The van der Waals surface area contributed by atoms with E-state index in [9.17, 15) is 4.79 Å². The van der Waals surface area contributed by atoms with Gasteiger partial charge in [0.05, 0.1) is 11.2 Å². The van der Waals surface area contributed by atoms with Crippen LogP contribution in [0.15, 0.2) is 17.2 Å². The Balaban J connectivity index is 2.22. The largest absolute Gasteiger partial charge is 0.347 e. The molecule has 0 aliphatic heterocycles. The third-order valence-corrected chi connectivity index (χ3v) is 2.68. The van der Waals surface area contributed by atoms with Gasteiger partial charge in [-0.05, 0) is 25.3 Å². The van der Waals surface area contributed by atoms with Crippen LogP contribution in [0.5, 0.6) is 0 Å². The first-order valence-electron chi connectivity index (χ1n) is 6.02. The molecular weight excluding hydrogens is 238 g/mol. The Morgan fingerprint density at radius 2 is 2.24 bits per heavy atom. The van der Waals surface area contributed by atoms with Gasteiger partial charge in [-0.25, -0.2) is 9.78 Å². The van der Waals surface area contributed by atoms with Gasteiger partial charge in [0.1, 0.15) is 0 Å². The maximum Gasteiger partial charge on any atom is 0.347 e. The lowest BCUT2D eigenvalue weighted by atomic mass is 10.1. The van der Waals surface area contributed by atoms with Crippen LogP contribution >= 0.6 is 11.6 Å². The van der Waals surface area contributed by atoms with Gasteiger partial charge in [-0.15, -0.1) is 0 Å². The summed E-state index contributed by atoms with van der Waals surface area (Å²) in [6.45, 7) is 6.80. The number of rotatable bonds is 7. The quantitative estimate of drug-likeness (QED) is 0.760. The molecule has 1 rings (SSSR count). The molecule has 0 fully saturated rings. The van der Waals surface area contributed by atoms with E-state index in [0.717, 1.165) is 19.0 Å². The van der Waals surface area contributed by atoms with E-state index in [2.05, 4.69) is 24.1 Å². The van der Waals surface area contributed by atoms with Crippen molar-refractivity contribution in [2.75, 3.05) is 13.1 Å². The molecule has 4 nitrogen and oxygen atoms in total. The van der Waals surface area contributed by atoms with Gasteiger partial charge in [-0.3, -0.25) is 4.57 Å². The summed E-state index contributed by atoms with van der Waals surface area (Å²) in [6.07, 6.45) is 5.38. The molecule has 1 aromatic rings. The fourth-order valence-electron chi connectivity index (χ4n) is 1.55. The Morgan fingerprint density at radius 3 is 2.94 bits per heavy atom. The molecule has 0 saturated carbocycles. The Labute approximate surface area is 107 Å². The molecule has 5 heteroatoms. The lowest BCUT2D eigenvalue weighted by Gasteiger charge is -2.08. The second kappa shape index (κ2) is 7.45. The summed E-state index contributed by atoms with van der Waals surface area (Å²) in [5, 5.41) is 3.80. The van der Waals surface area contributed by atoms with Crippen LogP contribution in [0.4, 0.5) is 0 Å². The Kier molecular flexibility index (Phi) is 6.22. The number of nitrogens with one attached hydrogen (secondary N) is 1. The van der Waals surface area contributed by atoms with Crippen molar-refractivity contribution in [2.24, 2.45) is 5.92 Å². The van der Waals surface area contributed by atoms with E-state index < -0.39 is 0 Å². The van der Waals surface area contributed by atoms with Gasteiger partial charge in [0.2, 0.25) is 0 Å². The van der Waals surface area contributed by atoms with Crippen molar-refractivity contribution >= 4 is 11.6 Å². The van der Waals surface area contributed by atoms with Crippen LogP contribution in [0.1, 0.15) is 26.7 Å². The summed E-state index contributed by atoms with van der Waals surface area (Å²) in [7, 11) is 0. The van der Waals surface area contributed by atoms with Gasteiger partial charge < -0.3 is 5.32 Å². The monoisotopic (exact) mass is 257 g/mol. The van der Waals surface area contributed by atoms with Crippen LogP contribution < -0.4 is 11.0 Å². The molecule has 1 aromatic heterocycles. The highest BCUT2D eigenvalue weighted by atomic mass is 35.5. The van der Waals surface area contributed by atoms with Crippen LogP contribution in [-0.4, -0.2) is 22.6 Å². The summed E-state index contributed by atoms with van der Waals surface area (Å²) in [5.74, 6) is 0.747. The van der Waals surface area contributed by atoms with Crippen molar-refractivity contribution in [1.82, 2.24) is 14.9 Å². The third kappa shape index (κ3) is 5.84. The maximum absolute atomic E-state index is 11.3. The van der Waals surface area contributed by atoms with E-state index in [1.807, 2.05) is 0 Å². The zero-order valence-corrected chi connectivity index (χ0v) is 11.2. The molecule has 96 valence electrons. The maximum atomic E-state index is 11.3. The Hall–Kier alpha value is -0.870. The van der Waals surface area contributed by atoms with E-state index >= 15 is 0 Å². The Morgan fingerprint density at radius 1 is 1.47 bits per heavy atom. The van der Waals surface area contributed by atoms with Crippen LogP contribution in [0.3, 0.4) is 0 Å². The van der Waals surface area contributed by atoms with Crippen LogP contribution in [0, 0.1) is 5.92 Å². The predicted octanol–water partition coefficient (Wildman–Crippen LogP) is 1.92. The van der Waals surface area contributed by atoms with Gasteiger partial charge in [0.25, 0.3) is 0 Å². The molecule has 0 aromatic carbocycles. The van der Waals surface area contributed by atoms with Crippen molar-refractivity contribution in [3.63, 3.8) is 0 Å². The van der Waals surface area contributed by atoms with E-state index in [1.165, 1.54) is 23.6 Å². The lowest BCUT2D eigenvalue weighted by Crippen LogP contribution is -2.28. The molecule has 0 saturated heterocycles. The summed E-state index contributed by atoms with van der Waals surface area (Å²) in [6, 6.07) is 0. The Bertz CT molecular complexity index is 390. The molecule has 0 aliphatic rings. The predicted molar refractivity (Wildman–Crippen MR) is 70.4 cm³/mol. The molecule has 0 atom stereocenters. The van der Waals surface area contributed by atoms with E-state index in [1.54, 1.807) is 6.20 Å². The molecule has 1 N–H and O–H groups in total. The van der Waals surface area contributed by atoms with Gasteiger partial charge in [0.15, 0.2) is 0 Å². The van der Waals surface area contributed by atoms with Crippen molar-refractivity contribution < 1.29 is 0 Å². The lowest BCUT2D eigenvalue weighted by molar-refractivity contribution is 0.511. The van der Waals surface area contributed by atoms with Crippen molar-refractivity contribution in [1.29, 1.82) is 0 Å². The summed E-state index contributed by atoms with van der Waals surface area (Å²) in [5.41, 5.74) is -0.251. The summed E-state index contributed by atoms with van der Waals surface area (Å²) >= 11 is 5.77. The number of hydrogen-bond acceptors (Lipinski definition) is 3. The number of nitrogens with zero attached hydrogens (tertiary/aromatic N) is 2.